The van der Waals surface area contributed by atoms with Gasteiger partial charge in [-0.05, 0) is 53.9 Å². The number of nitrogens with zero attached hydrogens (tertiary/aromatic N) is 3. The summed E-state index contributed by atoms with van der Waals surface area (Å²) in [6.07, 6.45) is 3.45. The minimum absolute atomic E-state index is 0. The number of halogens is 3. The molecule has 1 aliphatic heterocycles. The molecular weight excluding hydrogens is 576 g/mol. The molecule has 0 spiro atoms. The first-order chi connectivity index (χ1) is 19.1. The van der Waals surface area contributed by atoms with E-state index in [4.69, 9.17) is 9.47 Å². The zero-order valence-electron chi connectivity index (χ0n) is 22.6. The summed E-state index contributed by atoms with van der Waals surface area (Å²) in [5.41, 5.74) is 2.39. The number of allylic oxidation sites excluding steroid dienone is 1. The van der Waals surface area contributed by atoms with Gasteiger partial charge in [-0.3, -0.25) is 4.79 Å². The van der Waals surface area contributed by atoms with Gasteiger partial charge in [-0.15, -0.1) is 12.4 Å². The highest BCUT2D eigenvalue weighted by atomic mass is 35.5. The fraction of sp³-hybridized carbons (Fsp3) is 0.310. The smallest absolute Gasteiger partial charge is 0.212 e. The maximum Gasteiger partial charge on any atom is 0.212 e. The van der Waals surface area contributed by atoms with Gasteiger partial charge in [-0.2, -0.15) is 4.31 Å². The molecular formula is C29H30ClF2N3O5S. The van der Waals surface area contributed by atoms with E-state index in [0.717, 1.165) is 19.0 Å². The SMILES string of the molecule is COc1ccc(C2=C(c3cc(F)cc(F)c3)c3ccc(OCCCN4CCN(S(C)(=O)=O)CC4)cc3C2=O)cn1.Cl. The molecule has 0 bridgehead atoms. The monoisotopic (exact) mass is 605 g/mol. The van der Waals surface area contributed by atoms with E-state index in [1.165, 1.54) is 36.0 Å². The third-order valence-corrected chi connectivity index (χ3v) is 8.36. The molecule has 0 amide bonds. The molecule has 2 heterocycles. The fourth-order valence-electron chi connectivity index (χ4n) is 5.09. The van der Waals surface area contributed by atoms with Gasteiger partial charge >= 0.3 is 0 Å². The number of fused-ring (bicyclic) bond motifs is 1. The Hall–Kier alpha value is -3.38. The van der Waals surface area contributed by atoms with Gasteiger partial charge < -0.3 is 14.4 Å². The molecule has 8 nitrogen and oxygen atoms in total. The molecule has 5 rings (SSSR count). The van der Waals surface area contributed by atoms with Gasteiger partial charge in [0.1, 0.15) is 17.4 Å². The van der Waals surface area contributed by atoms with Crippen molar-refractivity contribution >= 4 is 39.4 Å². The number of carbonyl (C=O) groups is 1. The van der Waals surface area contributed by atoms with E-state index < -0.39 is 21.7 Å². The lowest BCUT2D eigenvalue weighted by Gasteiger charge is -2.33. The Balaban J connectivity index is 0.00000387. The number of Topliss-reactive ketones (excluding diaryl/α,β-unsaturated/α-hetero) is 1. The second-order valence-corrected chi connectivity index (χ2v) is 11.7. The summed E-state index contributed by atoms with van der Waals surface area (Å²) < 4.78 is 64.3. The molecule has 2 aliphatic rings. The average molecular weight is 606 g/mol. The third-order valence-electron chi connectivity index (χ3n) is 7.06. The topological polar surface area (TPSA) is 89.0 Å². The predicted octanol–water partition coefficient (Wildman–Crippen LogP) is 4.29. The van der Waals surface area contributed by atoms with Crippen LogP contribution in [-0.4, -0.2) is 81.1 Å². The molecule has 0 saturated carbocycles. The zero-order chi connectivity index (χ0) is 28.4. The van der Waals surface area contributed by atoms with Crippen molar-refractivity contribution in [2.45, 2.75) is 6.42 Å². The number of hydrogen-bond donors (Lipinski definition) is 0. The molecule has 1 saturated heterocycles. The number of ether oxygens (including phenoxy) is 2. The number of methoxy groups -OCH3 is 1. The molecule has 2 aromatic carbocycles. The number of sulfonamides is 1. The van der Waals surface area contributed by atoms with E-state index in [2.05, 4.69) is 9.88 Å². The van der Waals surface area contributed by atoms with E-state index in [0.29, 0.717) is 72.3 Å². The summed E-state index contributed by atoms with van der Waals surface area (Å²) in [6, 6.07) is 11.6. The van der Waals surface area contributed by atoms with Crippen molar-refractivity contribution in [3.8, 4) is 11.6 Å². The van der Waals surface area contributed by atoms with Gasteiger partial charge in [-0.25, -0.2) is 22.2 Å². The van der Waals surface area contributed by atoms with Crippen LogP contribution in [0.4, 0.5) is 8.78 Å². The Labute approximate surface area is 244 Å². The normalized spacial score (nSPS) is 16.0. The number of rotatable bonds is 9. The number of piperazine rings is 1. The molecule has 218 valence electrons. The molecule has 1 fully saturated rings. The first kappa shape index (κ1) is 30.6. The quantitative estimate of drug-likeness (QED) is 0.336. The Morgan fingerprint density at radius 1 is 0.902 bits per heavy atom. The summed E-state index contributed by atoms with van der Waals surface area (Å²) in [5.74, 6) is -0.899. The van der Waals surface area contributed by atoms with Crippen LogP contribution in [0.3, 0.4) is 0 Å². The molecule has 0 atom stereocenters. The van der Waals surface area contributed by atoms with Crippen LogP contribution < -0.4 is 9.47 Å². The lowest BCUT2D eigenvalue weighted by molar-refractivity contribution is 0.105. The highest BCUT2D eigenvalue weighted by Crippen LogP contribution is 2.43. The molecule has 41 heavy (non-hydrogen) atoms. The number of hydrogen-bond acceptors (Lipinski definition) is 7. The Morgan fingerprint density at radius 3 is 2.22 bits per heavy atom. The van der Waals surface area contributed by atoms with Crippen LogP contribution in [0.25, 0.3) is 11.1 Å². The second kappa shape index (κ2) is 12.6. The number of carbonyl (C=O) groups excluding carboxylic acids is 1. The molecule has 1 aliphatic carbocycles. The first-order valence-electron chi connectivity index (χ1n) is 12.8. The summed E-state index contributed by atoms with van der Waals surface area (Å²) in [5, 5.41) is 0. The van der Waals surface area contributed by atoms with Crippen LogP contribution in [0.5, 0.6) is 11.6 Å². The minimum Gasteiger partial charge on any atom is -0.494 e. The minimum atomic E-state index is -3.17. The standard InChI is InChI=1S/C29H29F2N3O5S.ClH/c1-38-26-7-4-19(18-32-26)28-27(20-14-21(30)16-22(31)15-20)24-6-5-23(17-25(24)29(28)35)39-13-3-8-33-9-11-34(12-10-33)40(2,36)37;/h4-7,14-18H,3,8-13H2,1-2H3;1H. The Kier molecular flexibility index (Phi) is 9.43. The Morgan fingerprint density at radius 2 is 1.61 bits per heavy atom. The lowest BCUT2D eigenvalue weighted by atomic mass is 9.95. The molecule has 1 aromatic heterocycles. The van der Waals surface area contributed by atoms with E-state index in [1.807, 2.05) is 0 Å². The summed E-state index contributed by atoms with van der Waals surface area (Å²) in [6.45, 7) is 3.44. The number of pyridine rings is 1. The molecule has 0 N–H and O–H groups in total. The van der Waals surface area contributed by atoms with Crippen molar-refractivity contribution in [1.29, 1.82) is 0 Å². The van der Waals surface area contributed by atoms with Crippen molar-refractivity contribution in [2.24, 2.45) is 0 Å². The first-order valence-corrected chi connectivity index (χ1v) is 14.7. The molecule has 0 unspecified atom stereocenters. The van der Waals surface area contributed by atoms with E-state index in [9.17, 15) is 22.0 Å². The summed E-state index contributed by atoms with van der Waals surface area (Å²) in [4.78, 5) is 20.1. The van der Waals surface area contributed by atoms with Crippen LogP contribution in [0.1, 0.15) is 33.5 Å². The van der Waals surface area contributed by atoms with Crippen molar-refractivity contribution in [3.63, 3.8) is 0 Å². The summed E-state index contributed by atoms with van der Waals surface area (Å²) >= 11 is 0. The third kappa shape index (κ3) is 6.75. The maximum atomic E-state index is 14.2. The zero-order valence-corrected chi connectivity index (χ0v) is 24.2. The van der Waals surface area contributed by atoms with Gasteiger partial charge in [0, 0.05) is 73.3 Å². The Bertz CT molecular complexity index is 1550. The van der Waals surface area contributed by atoms with Crippen molar-refractivity contribution in [3.05, 3.63) is 88.6 Å². The number of aromatic nitrogens is 1. The molecule has 0 radical (unpaired) electrons. The average Bonchev–Trinajstić information content (AvgIpc) is 3.22. The van der Waals surface area contributed by atoms with E-state index in [1.54, 1.807) is 30.3 Å². The highest BCUT2D eigenvalue weighted by Gasteiger charge is 2.32. The predicted molar refractivity (Wildman–Crippen MR) is 154 cm³/mol. The highest BCUT2D eigenvalue weighted by molar-refractivity contribution is 7.88. The largest absolute Gasteiger partial charge is 0.494 e. The second-order valence-electron chi connectivity index (χ2n) is 9.74. The van der Waals surface area contributed by atoms with Gasteiger partial charge in [0.25, 0.3) is 0 Å². The van der Waals surface area contributed by atoms with Crippen molar-refractivity contribution in [2.75, 3.05) is 52.7 Å². The van der Waals surface area contributed by atoms with E-state index in [-0.39, 0.29) is 23.8 Å². The lowest BCUT2D eigenvalue weighted by Crippen LogP contribution is -2.48. The van der Waals surface area contributed by atoms with Gasteiger partial charge in [-0.1, -0.05) is 0 Å². The van der Waals surface area contributed by atoms with Crippen LogP contribution in [0.15, 0.2) is 54.7 Å². The van der Waals surface area contributed by atoms with Crippen LogP contribution in [0, 0.1) is 11.6 Å². The number of ketones is 1. The van der Waals surface area contributed by atoms with Crippen molar-refractivity contribution in [1.82, 2.24) is 14.2 Å². The van der Waals surface area contributed by atoms with Gasteiger partial charge in [0.05, 0.1) is 20.0 Å². The summed E-state index contributed by atoms with van der Waals surface area (Å²) in [7, 11) is -1.68. The van der Waals surface area contributed by atoms with Crippen LogP contribution >= 0.6 is 12.4 Å². The van der Waals surface area contributed by atoms with Crippen LogP contribution in [0.2, 0.25) is 0 Å². The number of benzene rings is 2. The van der Waals surface area contributed by atoms with Crippen LogP contribution in [-0.2, 0) is 10.0 Å². The fourth-order valence-corrected chi connectivity index (χ4v) is 5.91. The van der Waals surface area contributed by atoms with Gasteiger partial charge in [0.2, 0.25) is 15.9 Å². The molecule has 3 aromatic rings. The van der Waals surface area contributed by atoms with E-state index >= 15 is 0 Å². The maximum absolute atomic E-state index is 14.2. The molecule has 12 heteroatoms. The van der Waals surface area contributed by atoms with Gasteiger partial charge in [0.15, 0.2) is 5.78 Å². The van der Waals surface area contributed by atoms with Crippen molar-refractivity contribution < 1.29 is 31.5 Å².